The fraction of sp³-hybridized carbons (Fsp3) is 0.238. The van der Waals surface area contributed by atoms with Crippen molar-refractivity contribution < 1.29 is 19.1 Å². The first-order valence-electron chi connectivity index (χ1n) is 9.30. The number of hydrogen-bond acceptors (Lipinski definition) is 5. The van der Waals surface area contributed by atoms with Gasteiger partial charge in [0.1, 0.15) is 5.75 Å². The van der Waals surface area contributed by atoms with Crippen LogP contribution in [0, 0.1) is 0 Å². The van der Waals surface area contributed by atoms with E-state index in [1.807, 2.05) is 6.92 Å². The van der Waals surface area contributed by atoms with Gasteiger partial charge in [-0.15, -0.1) is 0 Å². The maximum absolute atomic E-state index is 12.0. The summed E-state index contributed by atoms with van der Waals surface area (Å²) < 4.78 is 5.43. The SMILES string of the molecule is CC[C@H](C)NC(=O)C(=O)N/N=C\c1ccc(OCC(=O)Nc2ccccc2Cl)cc1. The molecule has 2 aromatic carbocycles. The predicted octanol–water partition coefficient (Wildman–Crippen LogP) is 2.72. The lowest BCUT2D eigenvalue weighted by atomic mass is 10.2. The highest BCUT2D eigenvalue weighted by atomic mass is 35.5. The largest absolute Gasteiger partial charge is 0.484 e. The van der Waals surface area contributed by atoms with Crippen LogP contribution < -0.4 is 20.8 Å². The molecule has 0 aliphatic rings. The van der Waals surface area contributed by atoms with E-state index in [4.69, 9.17) is 16.3 Å². The van der Waals surface area contributed by atoms with E-state index in [1.165, 1.54) is 6.21 Å². The number of carbonyl (C=O) groups excluding carboxylic acids is 3. The molecule has 0 aliphatic heterocycles. The van der Waals surface area contributed by atoms with E-state index >= 15 is 0 Å². The quantitative estimate of drug-likeness (QED) is 0.340. The summed E-state index contributed by atoms with van der Waals surface area (Å²) in [5.41, 5.74) is 3.35. The number of hydrazone groups is 1. The molecule has 0 aromatic heterocycles. The molecule has 0 saturated heterocycles. The Bertz CT molecular complexity index is 915. The number of carbonyl (C=O) groups is 3. The Labute approximate surface area is 179 Å². The molecule has 0 unspecified atom stereocenters. The topological polar surface area (TPSA) is 109 Å². The number of halogens is 1. The average molecular weight is 431 g/mol. The van der Waals surface area contributed by atoms with Crippen molar-refractivity contribution in [2.75, 3.05) is 11.9 Å². The normalized spacial score (nSPS) is 11.6. The predicted molar refractivity (Wildman–Crippen MR) is 116 cm³/mol. The van der Waals surface area contributed by atoms with Crippen LogP contribution in [0.4, 0.5) is 5.69 Å². The van der Waals surface area contributed by atoms with Crippen LogP contribution in [-0.2, 0) is 14.4 Å². The molecule has 1 atom stereocenters. The van der Waals surface area contributed by atoms with E-state index in [-0.39, 0.29) is 18.6 Å². The second-order valence-corrected chi connectivity index (χ2v) is 6.77. The molecular formula is C21H23ClN4O4. The van der Waals surface area contributed by atoms with Gasteiger partial charge in [-0.1, -0.05) is 30.7 Å². The molecule has 158 valence electrons. The Morgan fingerprint density at radius 2 is 1.80 bits per heavy atom. The summed E-state index contributed by atoms with van der Waals surface area (Å²) in [6.45, 7) is 3.53. The number of hydrogen-bond donors (Lipinski definition) is 3. The van der Waals surface area contributed by atoms with Gasteiger partial charge in [0.25, 0.3) is 5.91 Å². The summed E-state index contributed by atoms with van der Waals surface area (Å²) >= 11 is 5.99. The number of benzene rings is 2. The Kier molecular flexibility index (Phi) is 8.83. The van der Waals surface area contributed by atoms with Crippen molar-refractivity contribution in [3.8, 4) is 5.75 Å². The highest BCUT2D eigenvalue weighted by Gasteiger charge is 2.14. The van der Waals surface area contributed by atoms with Crippen molar-refractivity contribution in [1.29, 1.82) is 0 Å². The third-order valence-corrected chi connectivity index (χ3v) is 4.30. The van der Waals surface area contributed by atoms with Crippen LogP contribution >= 0.6 is 11.6 Å². The highest BCUT2D eigenvalue weighted by Crippen LogP contribution is 2.20. The van der Waals surface area contributed by atoms with Gasteiger partial charge >= 0.3 is 11.8 Å². The van der Waals surface area contributed by atoms with E-state index in [1.54, 1.807) is 55.5 Å². The molecule has 30 heavy (non-hydrogen) atoms. The van der Waals surface area contributed by atoms with Gasteiger partial charge in [-0.2, -0.15) is 5.10 Å². The fourth-order valence-corrected chi connectivity index (χ4v) is 2.34. The minimum absolute atomic E-state index is 0.0912. The lowest BCUT2D eigenvalue weighted by Crippen LogP contribution is -2.41. The molecule has 0 bridgehead atoms. The van der Waals surface area contributed by atoms with Crippen molar-refractivity contribution in [3.63, 3.8) is 0 Å². The fourth-order valence-electron chi connectivity index (χ4n) is 2.16. The molecule has 8 nitrogen and oxygen atoms in total. The van der Waals surface area contributed by atoms with Crippen molar-refractivity contribution in [2.24, 2.45) is 5.10 Å². The summed E-state index contributed by atoms with van der Waals surface area (Å²) in [6.07, 6.45) is 2.11. The Morgan fingerprint density at radius 1 is 1.10 bits per heavy atom. The number of para-hydroxylation sites is 1. The van der Waals surface area contributed by atoms with Crippen LogP contribution in [-0.4, -0.2) is 36.6 Å². The molecule has 3 amide bonds. The zero-order valence-electron chi connectivity index (χ0n) is 16.6. The number of ether oxygens (including phenoxy) is 1. The third-order valence-electron chi connectivity index (χ3n) is 3.97. The summed E-state index contributed by atoms with van der Waals surface area (Å²) in [5, 5.41) is 9.41. The first kappa shape index (κ1) is 22.9. The maximum Gasteiger partial charge on any atom is 0.329 e. The first-order chi connectivity index (χ1) is 14.4. The smallest absolute Gasteiger partial charge is 0.329 e. The summed E-state index contributed by atoms with van der Waals surface area (Å²) in [7, 11) is 0. The van der Waals surface area contributed by atoms with Crippen LogP contribution in [0.5, 0.6) is 5.75 Å². The van der Waals surface area contributed by atoms with Gasteiger partial charge in [0.15, 0.2) is 6.61 Å². The van der Waals surface area contributed by atoms with Crippen LogP contribution in [0.2, 0.25) is 5.02 Å². The molecule has 0 radical (unpaired) electrons. The second-order valence-electron chi connectivity index (χ2n) is 6.37. The van der Waals surface area contributed by atoms with Crippen LogP contribution in [0.1, 0.15) is 25.8 Å². The Balaban J connectivity index is 1.78. The number of nitrogens with zero attached hydrogens (tertiary/aromatic N) is 1. The summed E-state index contributed by atoms with van der Waals surface area (Å²) in [5.74, 6) is -1.43. The van der Waals surface area contributed by atoms with Crippen molar-refractivity contribution in [3.05, 3.63) is 59.1 Å². The molecule has 9 heteroatoms. The zero-order valence-corrected chi connectivity index (χ0v) is 17.4. The van der Waals surface area contributed by atoms with Crippen LogP contribution in [0.15, 0.2) is 53.6 Å². The lowest BCUT2D eigenvalue weighted by molar-refractivity contribution is -0.139. The third kappa shape index (κ3) is 7.56. The van der Waals surface area contributed by atoms with E-state index in [2.05, 4.69) is 21.2 Å². The van der Waals surface area contributed by atoms with Crippen molar-refractivity contribution in [2.45, 2.75) is 26.3 Å². The number of nitrogens with one attached hydrogen (secondary N) is 3. The van der Waals surface area contributed by atoms with Gasteiger partial charge in [0, 0.05) is 6.04 Å². The monoisotopic (exact) mass is 430 g/mol. The van der Waals surface area contributed by atoms with Crippen molar-refractivity contribution in [1.82, 2.24) is 10.7 Å². The maximum atomic E-state index is 12.0. The molecule has 2 aromatic rings. The number of amides is 3. The Morgan fingerprint density at radius 3 is 2.47 bits per heavy atom. The molecular weight excluding hydrogens is 408 g/mol. The molecule has 0 heterocycles. The molecule has 0 spiro atoms. The van der Waals surface area contributed by atoms with Gasteiger partial charge in [0.05, 0.1) is 16.9 Å². The summed E-state index contributed by atoms with van der Waals surface area (Å²) in [4.78, 5) is 35.2. The highest BCUT2D eigenvalue weighted by molar-refractivity contribution is 6.35. The second kappa shape index (κ2) is 11.6. The van der Waals surface area contributed by atoms with Gasteiger partial charge in [-0.05, 0) is 55.3 Å². The Hall–Kier alpha value is -3.39. The standard InChI is InChI=1S/C21H23ClN4O4/c1-3-14(2)24-20(28)21(29)26-23-12-15-8-10-16(11-9-15)30-13-19(27)25-18-7-5-4-6-17(18)22/h4-12,14H,3,13H2,1-2H3,(H,24,28)(H,25,27)(H,26,29)/b23-12-/t14-/m0/s1. The van der Waals surface area contributed by atoms with E-state index in [0.717, 1.165) is 6.42 Å². The molecule has 0 aliphatic carbocycles. The summed E-state index contributed by atoms with van der Waals surface area (Å²) in [6, 6.07) is 13.5. The first-order valence-corrected chi connectivity index (χ1v) is 9.68. The molecule has 2 rings (SSSR count). The molecule has 0 saturated carbocycles. The van der Waals surface area contributed by atoms with E-state index in [9.17, 15) is 14.4 Å². The van der Waals surface area contributed by atoms with E-state index < -0.39 is 11.8 Å². The van der Waals surface area contributed by atoms with Gasteiger partial charge in [-0.25, -0.2) is 5.43 Å². The lowest BCUT2D eigenvalue weighted by Gasteiger charge is -2.09. The zero-order chi connectivity index (χ0) is 21.9. The van der Waals surface area contributed by atoms with E-state index in [0.29, 0.717) is 22.0 Å². The van der Waals surface area contributed by atoms with Crippen LogP contribution in [0.3, 0.4) is 0 Å². The van der Waals surface area contributed by atoms with Gasteiger partial charge < -0.3 is 15.4 Å². The van der Waals surface area contributed by atoms with Crippen LogP contribution in [0.25, 0.3) is 0 Å². The van der Waals surface area contributed by atoms with Crippen molar-refractivity contribution >= 4 is 41.2 Å². The minimum Gasteiger partial charge on any atom is -0.484 e. The van der Waals surface area contributed by atoms with Gasteiger partial charge in [0.2, 0.25) is 0 Å². The van der Waals surface area contributed by atoms with Gasteiger partial charge in [-0.3, -0.25) is 14.4 Å². The average Bonchev–Trinajstić information content (AvgIpc) is 2.74. The minimum atomic E-state index is -0.837. The number of anilines is 1. The molecule has 0 fully saturated rings. The molecule has 3 N–H and O–H groups in total. The number of rotatable bonds is 8.